The Bertz CT molecular complexity index is 526. The van der Waals surface area contributed by atoms with Gasteiger partial charge in [0, 0.05) is 18.1 Å². The number of nitrogens with zero attached hydrogens (tertiary/aromatic N) is 2. The highest BCUT2D eigenvalue weighted by Gasteiger charge is 2.56. The molecule has 1 amide bonds. The van der Waals surface area contributed by atoms with E-state index in [2.05, 4.69) is 63.7 Å². The largest absolute Gasteiger partial charge is 0.467 e. The van der Waals surface area contributed by atoms with Gasteiger partial charge in [0.1, 0.15) is 5.76 Å². The predicted molar refractivity (Wildman–Crippen MR) is 96.7 cm³/mol. The molecular weight excluding hydrogens is 304 g/mol. The molecule has 0 aromatic carbocycles. The maximum absolute atomic E-state index is 13.0. The highest BCUT2D eigenvalue weighted by atomic mass is 28.3. The normalized spacial score (nSPS) is 23.8. The summed E-state index contributed by atoms with van der Waals surface area (Å²) in [5, 5.41) is 0. The minimum atomic E-state index is -1.73. The van der Waals surface area contributed by atoms with Gasteiger partial charge in [0.15, 0.2) is 8.24 Å². The minimum absolute atomic E-state index is 0.0160. The first kappa shape index (κ1) is 18.3. The van der Waals surface area contributed by atoms with Gasteiger partial charge in [-0.2, -0.15) is 0 Å². The Kier molecular flexibility index (Phi) is 5.11. The first-order valence-corrected chi connectivity index (χ1v) is 12.2. The van der Waals surface area contributed by atoms with Crippen molar-refractivity contribution in [3.8, 4) is 0 Å². The van der Waals surface area contributed by atoms with Crippen molar-refractivity contribution in [1.29, 1.82) is 0 Å². The second-order valence-corrected chi connectivity index (χ2v) is 13.1. The van der Waals surface area contributed by atoms with Crippen molar-refractivity contribution in [3.05, 3.63) is 24.2 Å². The maximum atomic E-state index is 13.0. The van der Waals surface area contributed by atoms with Crippen LogP contribution in [0.2, 0.25) is 19.6 Å². The molecule has 2 heterocycles. The monoisotopic (exact) mass is 336 g/mol. The van der Waals surface area contributed by atoms with E-state index in [0.29, 0.717) is 18.0 Å². The van der Waals surface area contributed by atoms with Crippen LogP contribution in [-0.2, 0) is 4.79 Å². The number of hydrogen-bond donors (Lipinski definition) is 0. The van der Waals surface area contributed by atoms with E-state index in [1.54, 1.807) is 6.26 Å². The predicted octanol–water partition coefficient (Wildman–Crippen LogP) is 4.12. The zero-order valence-electron chi connectivity index (χ0n) is 15.8. The molecule has 1 aliphatic rings. The number of rotatable bonds is 6. The summed E-state index contributed by atoms with van der Waals surface area (Å²) in [6.07, 6.45) is 1.71. The molecule has 130 valence electrons. The Balaban J connectivity index is 2.35. The molecular formula is C18H32N2O2Si. The lowest BCUT2D eigenvalue weighted by Gasteiger charge is -2.56. The van der Waals surface area contributed by atoms with Crippen LogP contribution in [0, 0.1) is 5.92 Å². The van der Waals surface area contributed by atoms with Gasteiger partial charge in [0.2, 0.25) is 5.91 Å². The fourth-order valence-electron chi connectivity index (χ4n) is 4.22. The van der Waals surface area contributed by atoms with E-state index in [1.165, 1.54) is 0 Å². The van der Waals surface area contributed by atoms with E-state index in [9.17, 15) is 4.79 Å². The molecule has 1 aliphatic heterocycles. The van der Waals surface area contributed by atoms with Crippen LogP contribution in [0.4, 0.5) is 0 Å². The Morgan fingerprint density at radius 1 is 1.13 bits per heavy atom. The van der Waals surface area contributed by atoms with Gasteiger partial charge in [-0.05, 0) is 46.8 Å². The molecule has 0 N–H and O–H groups in total. The van der Waals surface area contributed by atoms with Gasteiger partial charge in [0.25, 0.3) is 0 Å². The number of carbonyl (C=O) groups excluding carboxylic acids is 1. The van der Waals surface area contributed by atoms with Gasteiger partial charge in [-0.3, -0.25) is 9.69 Å². The molecule has 5 heteroatoms. The lowest BCUT2D eigenvalue weighted by Crippen LogP contribution is -2.69. The van der Waals surface area contributed by atoms with E-state index in [-0.39, 0.29) is 18.0 Å². The average Bonchev–Trinajstić information content (AvgIpc) is 2.85. The standard InChI is InChI=1S/C18H32N2O2Si/c1-12(2)19(13(3)4)14(5)16-17(15-10-9-11-22-15)20(18(16)21)23(6,7)8/h9-14,16-17H,1-8H3/t14-,16+,17+/m0/s1. The summed E-state index contributed by atoms with van der Waals surface area (Å²) in [5.41, 5.74) is 0. The summed E-state index contributed by atoms with van der Waals surface area (Å²) in [6.45, 7) is 17.7. The van der Waals surface area contributed by atoms with Crippen molar-refractivity contribution >= 4 is 14.1 Å². The molecule has 3 atom stereocenters. The summed E-state index contributed by atoms with van der Waals surface area (Å²) in [4.78, 5) is 15.4. The van der Waals surface area contributed by atoms with E-state index < -0.39 is 8.24 Å². The Labute approximate surface area is 141 Å². The van der Waals surface area contributed by atoms with Crippen LogP contribution >= 0.6 is 0 Å². The Hall–Kier alpha value is -1.07. The number of hydrogen-bond acceptors (Lipinski definition) is 3. The highest BCUT2D eigenvalue weighted by molar-refractivity contribution is 6.76. The van der Waals surface area contributed by atoms with Gasteiger partial charge in [0.05, 0.1) is 18.2 Å². The quantitative estimate of drug-likeness (QED) is 0.579. The molecule has 0 spiro atoms. The molecule has 23 heavy (non-hydrogen) atoms. The van der Waals surface area contributed by atoms with Crippen LogP contribution in [0.15, 0.2) is 22.8 Å². The fraction of sp³-hybridized carbons (Fsp3) is 0.722. The average molecular weight is 337 g/mol. The van der Waals surface area contributed by atoms with Gasteiger partial charge in [-0.25, -0.2) is 0 Å². The number of furan rings is 1. The van der Waals surface area contributed by atoms with Crippen molar-refractivity contribution in [1.82, 2.24) is 9.47 Å². The first-order chi connectivity index (χ1) is 10.6. The van der Waals surface area contributed by atoms with Crippen LogP contribution in [-0.4, -0.2) is 41.7 Å². The van der Waals surface area contributed by atoms with Crippen LogP contribution in [0.5, 0.6) is 0 Å². The second-order valence-electron chi connectivity index (χ2n) is 8.24. The van der Waals surface area contributed by atoms with E-state index >= 15 is 0 Å². The third-order valence-corrected chi connectivity index (χ3v) is 6.82. The molecule has 1 aromatic heterocycles. The van der Waals surface area contributed by atoms with Crippen LogP contribution in [0.1, 0.15) is 46.4 Å². The number of amides is 1. The number of β-lactam (4-membered cyclic amide) rings is 1. The third-order valence-electron chi connectivity index (χ3n) is 4.88. The zero-order chi connectivity index (χ0) is 17.5. The molecule has 0 aliphatic carbocycles. The van der Waals surface area contributed by atoms with Crippen LogP contribution in [0.3, 0.4) is 0 Å². The summed E-state index contributed by atoms with van der Waals surface area (Å²) < 4.78 is 7.82. The molecule has 0 radical (unpaired) electrons. The molecule has 4 nitrogen and oxygen atoms in total. The molecule has 1 aromatic rings. The summed E-state index contributed by atoms with van der Waals surface area (Å²) in [5.74, 6) is 1.21. The summed E-state index contributed by atoms with van der Waals surface area (Å²) in [7, 11) is -1.73. The maximum Gasteiger partial charge on any atom is 0.222 e. The van der Waals surface area contributed by atoms with Crippen molar-refractivity contribution in [2.24, 2.45) is 5.92 Å². The Morgan fingerprint density at radius 2 is 1.70 bits per heavy atom. The lowest BCUT2D eigenvalue weighted by molar-refractivity contribution is -0.155. The second kappa shape index (κ2) is 6.44. The fourth-order valence-corrected chi connectivity index (χ4v) is 6.15. The molecule has 0 bridgehead atoms. The number of carbonyl (C=O) groups is 1. The lowest BCUT2D eigenvalue weighted by atomic mass is 9.81. The molecule has 0 saturated carbocycles. The van der Waals surface area contributed by atoms with E-state index in [0.717, 1.165) is 5.76 Å². The SMILES string of the molecule is CC(C)N(C(C)C)[C@@H](C)[C@H]1C(=O)N([Si](C)(C)C)[C@@H]1c1ccco1. The van der Waals surface area contributed by atoms with Crippen molar-refractivity contribution in [2.75, 3.05) is 0 Å². The van der Waals surface area contributed by atoms with Crippen LogP contribution in [0.25, 0.3) is 0 Å². The summed E-state index contributed by atoms with van der Waals surface area (Å²) >= 11 is 0. The van der Waals surface area contributed by atoms with Crippen LogP contribution < -0.4 is 0 Å². The Morgan fingerprint density at radius 3 is 2.09 bits per heavy atom. The smallest absolute Gasteiger partial charge is 0.222 e. The van der Waals surface area contributed by atoms with E-state index in [4.69, 9.17) is 4.42 Å². The van der Waals surface area contributed by atoms with Crippen molar-refractivity contribution < 1.29 is 9.21 Å². The summed E-state index contributed by atoms with van der Waals surface area (Å²) in [6, 6.07) is 5.04. The molecule has 0 unspecified atom stereocenters. The molecule has 1 fully saturated rings. The third kappa shape index (κ3) is 3.26. The van der Waals surface area contributed by atoms with Crippen molar-refractivity contribution in [3.63, 3.8) is 0 Å². The first-order valence-electron chi connectivity index (χ1n) is 8.71. The van der Waals surface area contributed by atoms with Gasteiger partial charge >= 0.3 is 0 Å². The van der Waals surface area contributed by atoms with Crippen molar-refractivity contribution in [2.45, 2.75) is 78.4 Å². The topological polar surface area (TPSA) is 36.7 Å². The zero-order valence-corrected chi connectivity index (χ0v) is 16.8. The van der Waals surface area contributed by atoms with E-state index in [1.807, 2.05) is 12.1 Å². The van der Waals surface area contributed by atoms with Gasteiger partial charge in [-0.1, -0.05) is 19.6 Å². The highest BCUT2D eigenvalue weighted by Crippen LogP contribution is 2.46. The molecule has 1 saturated heterocycles. The molecule has 2 rings (SSSR count). The van der Waals surface area contributed by atoms with Gasteiger partial charge in [-0.15, -0.1) is 0 Å². The van der Waals surface area contributed by atoms with Gasteiger partial charge < -0.3 is 8.98 Å². The minimum Gasteiger partial charge on any atom is -0.467 e.